The molecule has 0 unspecified atom stereocenters. The Kier molecular flexibility index (Phi) is 7.77. The highest BCUT2D eigenvalue weighted by Crippen LogP contribution is 2.40. The fourth-order valence-electron chi connectivity index (χ4n) is 4.44. The molecule has 0 saturated heterocycles. The highest BCUT2D eigenvalue weighted by molar-refractivity contribution is 5.85. The van der Waals surface area contributed by atoms with Crippen LogP contribution in [0.5, 0.6) is 0 Å². The van der Waals surface area contributed by atoms with E-state index in [1.54, 1.807) is 30.3 Å². The number of carbonyl (C=O) groups is 2. The van der Waals surface area contributed by atoms with Crippen LogP contribution in [0.3, 0.4) is 0 Å². The predicted octanol–water partition coefficient (Wildman–Crippen LogP) is 6.93. The number of hydrogen-bond acceptors (Lipinski definition) is 2. The van der Waals surface area contributed by atoms with Gasteiger partial charge in [-0.2, -0.15) is 26.3 Å². The van der Waals surface area contributed by atoms with Crippen molar-refractivity contribution in [2.24, 2.45) is 0 Å². The molecular weight excluding hydrogens is 472 g/mol. The summed E-state index contributed by atoms with van der Waals surface area (Å²) in [7, 11) is 0. The van der Waals surface area contributed by atoms with Gasteiger partial charge in [0, 0.05) is 12.8 Å². The van der Waals surface area contributed by atoms with Gasteiger partial charge in [0.1, 0.15) is 5.78 Å². The quantitative estimate of drug-likeness (QED) is 0.333. The van der Waals surface area contributed by atoms with E-state index in [1.165, 1.54) is 6.08 Å². The van der Waals surface area contributed by atoms with Crippen molar-refractivity contribution in [3.05, 3.63) is 83.4 Å². The zero-order chi connectivity index (χ0) is 25.9. The first kappa shape index (κ1) is 26.5. The van der Waals surface area contributed by atoms with Crippen molar-refractivity contribution < 1.29 is 35.9 Å². The third-order valence-corrected chi connectivity index (χ3v) is 6.34. The number of rotatable bonds is 7. The Labute approximate surface area is 199 Å². The minimum atomic E-state index is -5.02. The normalized spacial score (nSPS) is 17.0. The fourth-order valence-corrected chi connectivity index (χ4v) is 4.44. The van der Waals surface area contributed by atoms with Gasteiger partial charge in [-0.1, -0.05) is 36.4 Å². The molecular formula is C26H25F6NO2. The smallest absolute Gasteiger partial charge is 0.346 e. The van der Waals surface area contributed by atoms with Gasteiger partial charge in [0.05, 0.1) is 22.6 Å². The van der Waals surface area contributed by atoms with E-state index >= 15 is 0 Å². The van der Waals surface area contributed by atoms with Gasteiger partial charge in [-0.3, -0.25) is 9.59 Å². The number of allylic oxidation sites excluding steroid dienone is 1. The molecule has 3 rings (SSSR count). The van der Waals surface area contributed by atoms with Crippen LogP contribution in [0, 0.1) is 0 Å². The van der Waals surface area contributed by atoms with E-state index in [-0.39, 0.29) is 55.9 Å². The lowest BCUT2D eigenvalue weighted by molar-refractivity contribution is -0.143. The molecule has 1 saturated carbocycles. The molecule has 0 bridgehead atoms. The zero-order valence-corrected chi connectivity index (χ0v) is 18.8. The molecule has 188 valence electrons. The van der Waals surface area contributed by atoms with Crippen molar-refractivity contribution in [1.29, 1.82) is 0 Å². The van der Waals surface area contributed by atoms with E-state index < -0.39 is 40.8 Å². The third-order valence-electron chi connectivity index (χ3n) is 6.34. The summed E-state index contributed by atoms with van der Waals surface area (Å²) in [6.45, 7) is 3.56. The number of halogens is 6. The van der Waals surface area contributed by atoms with E-state index in [1.807, 2.05) is 0 Å². The second-order valence-corrected chi connectivity index (χ2v) is 8.73. The number of amides is 1. The number of nitrogens with one attached hydrogen (secondary N) is 1. The summed E-state index contributed by atoms with van der Waals surface area (Å²) in [4.78, 5) is 25.4. The van der Waals surface area contributed by atoms with Gasteiger partial charge in [-0.05, 0) is 55.0 Å². The molecule has 3 nitrogen and oxygen atoms in total. The van der Waals surface area contributed by atoms with Gasteiger partial charge < -0.3 is 5.32 Å². The molecule has 1 aliphatic carbocycles. The monoisotopic (exact) mass is 497 g/mol. The summed E-state index contributed by atoms with van der Waals surface area (Å²) in [5.41, 5.74) is -3.54. The van der Waals surface area contributed by atoms with E-state index in [0.29, 0.717) is 12.1 Å². The lowest BCUT2D eigenvalue weighted by Crippen LogP contribution is -2.49. The average Bonchev–Trinajstić information content (AvgIpc) is 2.80. The molecule has 9 heteroatoms. The lowest BCUT2D eigenvalue weighted by Gasteiger charge is -2.39. The summed E-state index contributed by atoms with van der Waals surface area (Å²) in [5.74, 6) is -1.95. The van der Waals surface area contributed by atoms with Crippen LogP contribution in [0.15, 0.2) is 61.2 Å². The van der Waals surface area contributed by atoms with Crippen molar-refractivity contribution in [2.75, 3.05) is 0 Å². The Bertz CT molecular complexity index is 1030. The van der Waals surface area contributed by atoms with Crippen molar-refractivity contribution in [3.8, 4) is 0 Å². The Morgan fingerprint density at radius 3 is 2.00 bits per heavy atom. The SMILES string of the molecule is C=CCC[C@H](C(=O)NC1(c2ccccc2)CCC(=O)CC1)c1cc(C(F)(F)F)cc(C(F)(F)F)c1. The number of carbonyl (C=O) groups excluding carboxylic acids is 2. The highest BCUT2D eigenvalue weighted by Gasteiger charge is 2.41. The van der Waals surface area contributed by atoms with Crippen LogP contribution in [-0.2, 0) is 27.5 Å². The molecule has 0 radical (unpaired) electrons. The van der Waals surface area contributed by atoms with Crippen molar-refractivity contribution in [3.63, 3.8) is 0 Å². The molecule has 1 fully saturated rings. The maximum atomic E-state index is 13.5. The van der Waals surface area contributed by atoms with Crippen molar-refractivity contribution in [1.82, 2.24) is 5.32 Å². The molecule has 2 aromatic rings. The molecule has 1 N–H and O–H groups in total. The predicted molar refractivity (Wildman–Crippen MR) is 118 cm³/mol. The Balaban J connectivity index is 2.05. The van der Waals surface area contributed by atoms with Crippen molar-refractivity contribution >= 4 is 11.7 Å². The first-order valence-corrected chi connectivity index (χ1v) is 11.2. The number of ketones is 1. The number of Topliss-reactive ketones (excluding diaryl/α,β-unsaturated/α-hetero) is 1. The molecule has 1 amide bonds. The Morgan fingerprint density at radius 1 is 0.971 bits per heavy atom. The Hall–Kier alpha value is -3.10. The largest absolute Gasteiger partial charge is 0.416 e. The standard InChI is InChI=1S/C26H25F6NO2/c1-2-3-9-22(17-14-19(25(27,28)29)16-20(15-17)26(30,31)32)23(35)33-24(12-10-21(34)11-13-24)18-7-5-4-6-8-18/h2,4-8,14-16,22H,1,3,9-13H2,(H,33,35)/t22-/m0/s1. The minimum absolute atomic E-state index is 0.0294. The van der Waals surface area contributed by atoms with Crippen LogP contribution in [0.2, 0.25) is 0 Å². The number of benzene rings is 2. The van der Waals surface area contributed by atoms with E-state index in [9.17, 15) is 35.9 Å². The Morgan fingerprint density at radius 2 is 1.51 bits per heavy atom. The van der Waals surface area contributed by atoms with Crippen LogP contribution in [-0.4, -0.2) is 11.7 Å². The number of hydrogen-bond donors (Lipinski definition) is 1. The van der Waals surface area contributed by atoms with E-state index in [4.69, 9.17) is 0 Å². The van der Waals surface area contributed by atoms with E-state index in [0.717, 1.165) is 5.56 Å². The molecule has 0 heterocycles. The maximum Gasteiger partial charge on any atom is 0.416 e. The topological polar surface area (TPSA) is 46.2 Å². The van der Waals surface area contributed by atoms with Gasteiger partial charge in [-0.15, -0.1) is 6.58 Å². The lowest BCUT2D eigenvalue weighted by atomic mass is 9.75. The van der Waals surface area contributed by atoms with Crippen LogP contribution in [0.4, 0.5) is 26.3 Å². The molecule has 2 aromatic carbocycles. The van der Waals surface area contributed by atoms with Crippen LogP contribution >= 0.6 is 0 Å². The minimum Gasteiger partial charge on any atom is -0.346 e. The fraction of sp³-hybridized carbons (Fsp3) is 0.385. The van der Waals surface area contributed by atoms with E-state index in [2.05, 4.69) is 11.9 Å². The molecule has 0 aliphatic heterocycles. The van der Waals surface area contributed by atoms with Gasteiger partial charge in [0.2, 0.25) is 5.91 Å². The summed E-state index contributed by atoms with van der Waals surface area (Å²) in [6, 6.07) is 10.1. The first-order valence-electron chi connectivity index (χ1n) is 11.2. The van der Waals surface area contributed by atoms with Gasteiger partial charge in [0.25, 0.3) is 0 Å². The second-order valence-electron chi connectivity index (χ2n) is 8.73. The summed E-state index contributed by atoms with van der Waals surface area (Å²) < 4.78 is 80.6. The van der Waals surface area contributed by atoms with Crippen LogP contribution in [0.25, 0.3) is 0 Å². The highest BCUT2D eigenvalue weighted by atomic mass is 19.4. The molecule has 1 atom stereocenters. The zero-order valence-electron chi connectivity index (χ0n) is 18.8. The molecule has 0 aromatic heterocycles. The molecule has 0 spiro atoms. The van der Waals surface area contributed by atoms with Crippen LogP contribution < -0.4 is 5.32 Å². The van der Waals surface area contributed by atoms with Crippen LogP contribution in [0.1, 0.15) is 66.7 Å². The molecule has 1 aliphatic rings. The van der Waals surface area contributed by atoms with Crippen molar-refractivity contribution in [2.45, 2.75) is 62.3 Å². The van der Waals surface area contributed by atoms with Gasteiger partial charge in [-0.25, -0.2) is 0 Å². The number of alkyl halides is 6. The average molecular weight is 497 g/mol. The third kappa shape index (κ3) is 6.32. The molecule has 35 heavy (non-hydrogen) atoms. The van der Waals surface area contributed by atoms with Gasteiger partial charge >= 0.3 is 12.4 Å². The second kappa shape index (κ2) is 10.3. The summed E-state index contributed by atoms with van der Waals surface area (Å²) in [5, 5.41) is 2.91. The summed E-state index contributed by atoms with van der Waals surface area (Å²) in [6.07, 6.45) is -7.45. The maximum absolute atomic E-state index is 13.5. The summed E-state index contributed by atoms with van der Waals surface area (Å²) >= 11 is 0. The first-order chi connectivity index (χ1) is 16.4. The van der Waals surface area contributed by atoms with Gasteiger partial charge in [0.15, 0.2) is 0 Å².